The van der Waals surface area contributed by atoms with Crippen LogP contribution in [-0.4, -0.2) is 30.6 Å². The van der Waals surface area contributed by atoms with Gasteiger partial charge in [-0.1, -0.05) is 13.8 Å². The first kappa shape index (κ1) is 14.1. The second-order valence-electron chi connectivity index (χ2n) is 4.08. The lowest BCUT2D eigenvalue weighted by atomic mass is 10.2. The molecule has 6 heteroatoms. The number of nitrogens with zero attached hydrogens (tertiary/aromatic N) is 1. The van der Waals surface area contributed by atoms with Crippen LogP contribution in [0, 0.1) is 0 Å². The summed E-state index contributed by atoms with van der Waals surface area (Å²) in [6.07, 6.45) is 0.0170. The van der Waals surface area contributed by atoms with Crippen LogP contribution in [0.2, 0.25) is 0 Å². The van der Waals surface area contributed by atoms with Crippen molar-refractivity contribution in [1.82, 2.24) is 4.98 Å². The molecule has 1 atom stereocenters. The third-order valence-electron chi connectivity index (χ3n) is 2.37. The van der Waals surface area contributed by atoms with Gasteiger partial charge >= 0.3 is 0 Å². The molecular weight excluding hydrogens is 238 g/mol. The van der Waals surface area contributed by atoms with Crippen molar-refractivity contribution in [2.45, 2.75) is 32.3 Å². The average molecular weight is 257 g/mol. The summed E-state index contributed by atoms with van der Waals surface area (Å²) < 4.78 is 5.05. The maximum Gasteiger partial charge on any atom is 0.228 e. The fourth-order valence-corrected chi connectivity index (χ4v) is 2.14. The summed E-state index contributed by atoms with van der Waals surface area (Å²) in [4.78, 5) is 16.0. The van der Waals surface area contributed by atoms with Crippen molar-refractivity contribution in [1.29, 1.82) is 0 Å². The topological polar surface area (TPSA) is 77.2 Å². The minimum atomic E-state index is -0.237. The molecule has 1 rings (SSSR count). The van der Waals surface area contributed by atoms with Crippen molar-refractivity contribution in [2.75, 3.05) is 19.0 Å². The van der Waals surface area contributed by atoms with Gasteiger partial charge in [0.2, 0.25) is 5.91 Å². The van der Waals surface area contributed by atoms with E-state index in [0.717, 1.165) is 5.69 Å². The molecule has 5 nitrogen and oxygen atoms in total. The highest BCUT2D eigenvalue weighted by Gasteiger charge is 2.13. The van der Waals surface area contributed by atoms with Crippen LogP contribution < -0.4 is 11.1 Å². The van der Waals surface area contributed by atoms with Gasteiger partial charge in [-0.2, -0.15) is 0 Å². The Kier molecular flexibility index (Phi) is 5.54. The lowest BCUT2D eigenvalue weighted by Crippen LogP contribution is -2.28. The first-order valence-corrected chi connectivity index (χ1v) is 6.43. The van der Waals surface area contributed by atoms with Gasteiger partial charge < -0.3 is 15.8 Å². The third-order valence-corrected chi connectivity index (χ3v) is 3.15. The standard InChI is InChI=1S/C11H19N3O2S/c1-7(2)9-6-17-11(13-9)14-10(15)4-8(5-12)16-3/h6-8H,4-5,12H2,1-3H3,(H,13,14,15). The van der Waals surface area contributed by atoms with Crippen LogP contribution in [0.25, 0.3) is 0 Å². The number of carbonyl (C=O) groups excluding carboxylic acids is 1. The van der Waals surface area contributed by atoms with Gasteiger partial charge in [-0.25, -0.2) is 4.98 Å². The Morgan fingerprint density at radius 3 is 2.82 bits per heavy atom. The fraction of sp³-hybridized carbons (Fsp3) is 0.636. The Morgan fingerprint density at radius 1 is 1.65 bits per heavy atom. The largest absolute Gasteiger partial charge is 0.380 e. The molecule has 0 aromatic carbocycles. The number of aromatic nitrogens is 1. The molecule has 1 amide bonds. The van der Waals surface area contributed by atoms with Gasteiger partial charge in [0.15, 0.2) is 5.13 Å². The maximum atomic E-state index is 11.6. The molecule has 0 fully saturated rings. The van der Waals surface area contributed by atoms with E-state index in [1.807, 2.05) is 5.38 Å². The van der Waals surface area contributed by atoms with Crippen molar-refractivity contribution in [3.63, 3.8) is 0 Å². The quantitative estimate of drug-likeness (QED) is 0.811. The minimum Gasteiger partial charge on any atom is -0.380 e. The van der Waals surface area contributed by atoms with Gasteiger partial charge in [0.1, 0.15) is 0 Å². The second-order valence-corrected chi connectivity index (χ2v) is 4.94. The fourth-order valence-electron chi connectivity index (χ4n) is 1.25. The summed E-state index contributed by atoms with van der Waals surface area (Å²) in [6, 6.07) is 0. The summed E-state index contributed by atoms with van der Waals surface area (Å²) in [7, 11) is 1.55. The van der Waals surface area contributed by atoms with Crippen LogP contribution in [0.4, 0.5) is 5.13 Å². The van der Waals surface area contributed by atoms with E-state index < -0.39 is 0 Å². The number of hydrogen-bond acceptors (Lipinski definition) is 5. The van der Waals surface area contributed by atoms with Gasteiger partial charge in [-0.3, -0.25) is 4.79 Å². The van der Waals surface area contributed by atoms with Crippen LogP contribution in [0.3, 0.4) is 0 Å². The molecule has 3 N–H and O–H groups in total. The normalized spacial score (nSPS) is 12.8. The molecule has 0 radical (unpaired) electrons. The van der Waals surface area contributed by atoms with Crippen LogP contribution in [-0.2, 0) is 9.53 Å². The molecule has 0 aliphatic carbocycles. The zero-order chi connectivity index (χ0) is 12.8. The molecule has 0 aliphatic rings. The van der Waals surface area contributed by atoms with Crippen molar-refractivity contribution in [3.8, 4) is 0 Å². The number of thiazole rings is 1. The van der Waals surface area contributed by atoms with Gasteiger partial charge in [0.05, 0.1) is 18.2 Å². The minimum absolute atomic E-state index is 0.119. The van der Waals surface area contributed by atoms with E-state index in [-0.39, 0.29) is 18.4 Å². The first-order valence-electron chi connectivity index (χ1n) is 5.55. The number of nitrogens with two attached hydrogens (primary N) is 1. The Bertz CT molecular complexity index is 361. The number of nitrogens with one attached hydrogen (secondary N) is 1. The molecule has 1 heterocycles. The van der Waals surface area contributed by atoms with E-state index >= 15 is 0 Å². The van der Waals surface area contributed by atoms with Gasteiger partial charge in [0.25, 0.3) is 0 Å². The molecule has 0 saturated heterocycles. The number of hydrogen-bond donors (Lipinski definition) is 2. The predicted molar refractivity (Wildman–Crippen MR) is 69.3 cm³/mol. The van der Waals surface area contributed by atoms with E-state index in [2.05, 4.69) is 24.1 Å². The van der Waals surface area contributed by atoms with Crippen LogP contribution >= 0.6 is 11.3 Å². The molecule has 96 valence electrons. The Hall–Kier alpha value is -0.980. The average Bonchev–Trinajstić information content (AvgIpc) is 2.74. The lowest BCUT2D eigenvalue weighted by molar-refractivity contribution is -0.118. The number of methoxy groups -OCH3 is 1. The molecule has 1 aromatic rings. The van der Waals surface area contributed by atoms with E-state index in [4.69, 9.17) is 10.5 Å². The number of ether oxygens (including phenoxy) is 1. The number of rotatable bonds is 6. The highest BCUT2D eigenvalue weighted by atomic mass is 32.1. The lowest BCUT2D eigenvalue weighted by Gasteiger charge is -2.11. The van der Waals surface area contributed by atoms with E-state index in [1.54, 1.807) is 7.11 Å². The van der Waals surface area contributed by atoms with Crippen molar-refractivity contribution in [3.05, 3.63) is 11.1 Å². The van der Waals surface area contributed by atoms with Gasteiger partial charge in [-0.15, -0.1) is 11.3 Å². The Balaban J connectivity index is 2.50. The Labute approximate surface area is 105 Å². The molecular formula is C11H19N3O2S. The predicted octanol–water partition coefficient (Wildman–Crippen LogP) is 1.57. The zero-order valence-electron chi connectivity index (χ0n) is 10.4. The highest BCUT2D eigenvalue weighted by Crippen LogP contribution is 2.21. The van der Waals surface area contributed by atoms with Crippen LogP contribution in [0.15, 0.2) is 5.38 Å². The van der Waals surface area contributed by atoms with Gasteiger partial charge in [-0.05, 0) is 5.92 Å². The summed E-state index contributed by atoms with van der Waals surface area (Å²) >= 11 is 1.43. The third kappa shape index (κ3) is 4.41. The number of amides is 1. The monoisotopic (exact) mass is 257 g/mol. The molecule has 17 heavy (non-hydrogen) atoms. The van der Waals surface area contributed by atoms with Crippen LogP contribution in [0.5, 0.6) is 0 Å². The van der Waals surface area contributed by atoms with E-state index in [0.29, 0.717) is 17.6 Å². The number of carbonyl (C=O) groups is 1. The number of anilines is 1. The molecule has 0 spiro atoms. The van der Waals surface area contributed by atoms with Crippen LogP contribution in [0.1, 0.15) is 31.9 Å². The first-order chi connectivity index (χ1) is 8.06. The molecule has 1 unspecified atom stereocenters. The summed E-state index contributed by atoms with van der Waals surface area (Å²) in [5, 5.41) is 5.33. The van der Waals surface area contributed by atoms with Crippen molar-refractivity contribution >= 4 is 22.4 Å². The highest BCUT2D eigenvalue weighted by molar-refractivity contribution is 7.13. The summed E-state index contributed by atoms with van der Waals surface area (Å²) in [6.45, 7) is 4.46. The van der Waals surface area contributed by atoms with Gasteiger partial charge in [0, 0.05) is 19.0 Å². The van der Waals surface area contributed by atoms with E-state index in [9.17, 15) is 4.79 Å². The molecule has 0 saturated carbocycles. The SMILES string of the molecule is COC(CN)CC(=O)Nc1nc(C(C)C)cs1. The second kappa shape index (κ2) is 6.68. The smallest absolute Gasteiger partial charge is 0.228 e. The van der Waals surface area contributed by atoms with Crippen molar-refractivity contribution < 1.29 is 9.53 Å². The maximum absolute atomic E-state index is 11.6. The molecule has 1 aromatic heterocycles. The summed E-state index contributed by atoms with van der Waals surface area (Å²) in [5.74, 6) is 0.250. The van der Waals surface area contributed by atoms with Crippen molar-refractivity contribution in [2.24, 2.45) is 5.73 Å². The molecule has 0 aliphatic heterocycles. The Morgan fingerprint density at radius 2 is 2.35 bits per heavy atom. The zero-order valence-corrected chi connectivity index (χ0v) is 11.2. The molecule has 0 bridgehead atoms. The summed E-state index contributed by atoms with van der Waals surface area (Å²) in [5.41, 5.74) is 6.44. The van der Waals surface area contributed by atoms with E-state index in [1.165, 1.54) is 11.3 Å².